The van der Waals surface area contributed by atoms with E-state index >= 15 is 0 Å². The van der Waals surface area contributed by atoms with Crippen molar-refractivity contribution in [1.82, 2.24) is 0 Å². The largest absolute Gasteiger partial charge is 0.253 e. The van der Waals surface area contributed by atoms with Crippen molar-refractivity contribution in [3.05, 3.63) is 42.0 Å². The standard InChI is InChI=1S/C20H27NOS/c1-14(2)17-10-11-20(4,5)12-18(17)19(13-21)23(22)16-8-6-15(3)7-9-16/h6-9,17-19H,1,10-12H2,2-5H3/t17-,18+,19-,23+/m1/s1. The number of allylic oxidation sites excluding steroid dienone is 1. The van der Waals surface area contributed by atoms with Gasteiger partial charge in [0.2, 0.25) is 0 Å². The van der Waals surface area contributed by atoms with Gasteiger partial charge in [-0.25, -0.2) is 0 Å². The molecule has 124 valence electrons. The number of benzene rings is 1. The minimum atomic E-state index is -1.30. The predicted molar refractivity (Wildman–Crippen MR) is 96.4 cm³/mol. The highest BCUT2D eigenvalue weighted by Gasteiger charge is 2.41. The van der Waals surface area contributed by atoms with Crippen molar-refractivity contribution in [2.45, 2.75) is 57.1 Å². The molecule has 1 aliphatic rings. The van der Waals surface area contributed by atoms with Gasteiger partial charge in [-0.2, -0.15) is 5.26 Å². The van der Waals surface area contributed by atoms with E-state index in [-0.39, 0.29) is 11.3 Å². The molecule has 1 aliphatic carbocycles. The van der Waals surface area contributed by atoms with Gasteiger partial charge in [0.25, 0.3) is 0 Å². The molecule has 2 rings (SSSR count). The maximum atomic E-state index is 13.0. The SMILES string of the molecule is C=C(C)[C@H]1CCC(C)(C)C[C@@H]1[C@@H](C#N)[S@@](=O)c1ccc(C)cc1. The first kappa shape index (κ1) is 17.9. The van der Waals surface area contributed by atoms with E-state index in [2.05, 4.69) is 26.5 Å². The van der Waals surface area contributed by atoms with Crippen LogP contribution >= 0.6 is 0 Å². The highest BCUT2D eigenvalue weighted by molar-refractivity contribution is 7.86. The summed E-state index contributed by atoms with van der Waals surface area (Å²) >= 11 is 0. The van der Waals surface area contributed by atoms with Gasteiger partial charge in [-0.15, -0.1) is 0 Å². The zero-order chi connectivity index (χ0) is 17.2. The van der Waals surface area contributed by atoms with Gasteiger partial charge in [0.05, 0.1) is 16.9 Å². The second kappa shape index (κ2) is 7.01. The Labute approximate surface area is 143 Å². The smallest absolute Gasteiger partial charge is 0.129 e. The molecule has 4 atom stereocenters. The van der Waals surface area contributed by atoms with Crippen molar-refractivity contribution in [3.63, 3.8) is 0 Å². The second-order valence-electron chi connectivity index (χ2n) is 7.68. The van der Waals surface area contributed by atoms with E-state index in [0.717, 1.165) is 35.3 Å². The quantitative estimate of drug-likeness (QED) is 0.728. The Bertz CT molecular complexity index is 639. The second-order valence-corrected chi connectivity index (χ2v) is 9.26. The van der Waals surface area contributed by atoms with E-state index in [1.807, 2.05) is 38.1 Å². The van der Waals surface area contributed by atoms with E-state index in [1.54, 1.807) is 0 Å². The first-order valence-electron chi connectivity index (χ1n) is 8.27. The number of nitrogens with zero attached hydrogens (tertiary/aromatic N) is 1. The van der Waals surface area contributed by atoms with Crippen LogP contribution in [0.2, 0.25) is 0 Å². The van der Waals surface area contributed by atoms with Crippen LogP contribution in [0.1, 0.15) is 45.6 Å². The van der Waals surface area contributed by atoms with Gasteiger partial charge >= 0.3 is 0 Å². The third kappa shape index (κ3) is 4.12. The van der Waals surface area contributed by atoms with Crippen molar-refractivity contribution in [2.75, 3.05) is 0 Å². The van der Waals surface area contributed by atoms with Gasteiger partial charge in [0, 0.05) is 4.90 Å². The Kier molecular flexibility index (Phi) is 5.47. The summed E-state index contributed by atoms with van der Waals surface area (Å²) in [5.74, 6) is 0.408. The monoisotopic (exact) mass is 329 g/mol. The lowest BCUT2D eigenvalue weighted by Crippen LogP contribution is -2.39. The van der Waals surface area contributed by atoms with Crippen LogP contribution in [0.5, 0.6) is 0 Å². The number of hydrogen-bond acceptors (Lipinski definition) is 2. The fourth-order valence-corrected chi connectivity index (χ4v) is 5.09. The zero-order valence-corrected chi connectivity index (χ0v) is 15.5. The maximum absolute atomic E-state index is 13.0. The summed E-state index contributed by atoms with van der Waals surface area (Å²) in [6.07, 6.45) is 3.10. The first-order valence-corrected chi connectivity index (χ1v) is 9.49. The lowest BCUT2D eigenvalue weighted by atomic mass is 9.64. The minimum absolute atomic E-state index is 0.114. The van der Waals surface area contributed by atoms with Crippen LogP contribution in [0, 0.1) is 35.5 Å². The Hall–Kier alpha value is -1.40. The lowest BCUT2D eigenvalue weighted by molar-refractivity contribution is 0.141. The third-order valence-electron chi connectivity index (χ3n) is 5.07. The molecule has 1 fully saturated rings. The third-order valence-corrected chi connectivity index (χ3v) is 6.72. The average molecular weight is 330 g/mol. The van der Waals surface area contributed by atoms with Crippen molar-refractivity contribution >= 4 is 10.8 Å². The maximum Gasteiger partial charge on any atom is 0.129 e. The van der Waals surface area contributed by atoms with Crippen LogP contribution in [-0.4, -0.2) is 9.46 Å². The first-order chi connectivity index (χ1) is 10.7. The Morgan fingerprint density at radius 2 is 2.00 bits per heavy atom. The van der Waals surface area contributed by atoms with Crippen molar-refractivity contribution in [1.29, 1.82) is 5.26 Å². The molecular formula is C20H27NOS. The highest BCUT2D eigenvalue weighted by Crippen LogP contribution is 2.46. The molecule has 0 heterocycles. The number of nitriles is 1. The molecule has 2 nitrogen and oxygen atoms in total. The molecule has 0 N–H and O–H groups in total. The van der Waals surface area contributed by atoms with Crippen molar-refractivity contribution in [3.8, 4) is 6.07 Å². The molecule has 0 radical (unpaired) electrons. The van der Waals surface area contributed by atoms with Gasteiger partial charge in [-0.3, -0.25) is 4.21 Å². The Balaban J connectivity index is 2.33. The molecule has 3 heteroatoms. The predicted octanol–water partition coefficient (Wildman–Crippen LogP) is 5.01. The molecule has 1 saturated carbocycles. The van der Waals surface area contributed by atoms with E-state index in [4.69, 9.17) is 0 Å². The molecule has 0 aliphatic heterocycles. The Morgan fingerprint density at radius 3 is 2.52 bits per heavy atom. The van der Waals surface area contributed by atoms with Gasteiger partial charge in [0.15, 0.2) is 0 Å². The van der Waals surface area contributed by atoms with Gasteiger partial charge in [-0.05, 0) is 62.5 Å². The van der Waals surface area contributed by atoms with Crippen LogP contribution in [-0.2, 0) is 10.8 Å². The van der Waals surface area contributed by atoms with Crippen LogP contribution in [0.15, 0.2) is 41.3 Å². The van der Waals surface area contributed by atoms with Gasteiger partial charge in [-0.1, -0.05) is 43.7 Å². The number of rotatable bonds is 4. The van der Waals surface area contributed by atoms with E-state index in [0.29, 0.717) is 5.92 Å². The van der Waals surface area contributed by atoms with Crippen molar-refractivity contribution < 1.29 is 4.21 Å². The minimum Gasteiger partial charge on any atom is -0.253 e. The molecule has 0 unspecified atom stereocenters. The molecule has 1 aromatic carbocycles. The van der Waals surface area contributed by atoms with Crippen LogP contribution in [0.4, 0.5) is 0 Å². The van der Waals surface area contributed by atoms with E-state index in [9.17, 15) is 9.47 Å². The zero-order valence-electron chi connectivity index (χ0n) is 14.6. The summed E-state index contributed by atoms with van der Waals surface area (Å²) < 4.78 is 13.0. The molecule has 0 aromatic heterocycles. The molecule has 23 heavy (non-hydrogen) atoms. The van der Waals surface area contributed by atoms with Gasteiger partial charge in [0.1, 0.15) is 5.25 Å². The highest BCUT2D eigenvalue weighted by atomic mass is 32.2. The van der Waals surface area contributed by atoms with E-state index in [1.165, 1.54) is 0 Å². The summed E-state index contributed by atoms with van der Waals surface area (Å²) in [5.41, 5.74) is 2.45. The number of aryl methyl sites for hydroxylation is 1. The molecule has 0 bridgehead atoms. The van der Waals surface area contributed by atoms with Crippen LogP contribution in [0.25, 0.3) is 0 Å². The number of hydrogen-bond donors (Lipinski definition) is 0. The molecule has 0 spiro atoms. The van der Waals surface area contributed by atoms with Crippen LogP contribution < -0.4 is 0 Å². The fourth-order valence-electron chi connectivity index (χ4n) is 3.69. The van der Waals surface area contributed by atoms with Gasteiger partial charge < -0.3 is 0 Å². The summed E-state index contributed by atoms with van der Waals surface area (Å²) in [7, 11) is -1.30. The normalized spacial score (nSPS) is 26.0. The Morgan fingerprint density at radius 1 is 1.39 bits per heavy atom. The summed E-state index contributed by atoms with van der Waals surface area (Å²) in [4.78, 5) is 0.756. The molecule has 0 amide bonds. The van der Waals surface area contributed by atoms with Crippen LogP contribution in [0.3, 0.4) is 0 Å². The fraction of sp³-hybridized carbons (Fsp3) is 0.550. The summed E-state index contributed by atoms with van der Waals surface area (Å²) in [6.45, 7) is 12.7. The molecular weight excluding hydrogens is 302 g/mol. The van der Waals surface area contributed by atoms with E-state index < -0.39 is 16.0 Å². The summed E-state index contributed by atoms with van der Waals surface area (Å²) in [5, 5.41) is 9.29. The molecule has 1 aromatic rings. The lowest BCUT2D eigenvalue weighted by Gasteiger charge is -2.42. The summed E-state index contributed by atoms with van der Waals surface area (Å²) in [6, 6.07) is 10.1. The van der Waals surface area contributed by atoms with Crippen molar-refractivity contribution in [2.24, 2.45) is 17.3 Å². The topological polar surface area (TPSA) is 40.9 Å². The average Bonchev–Trinajstić information content (AvgIpc) is 2.47. The molecule has 0 saturated heterocycles.